The van der Waals surface area contributed by atoms with E-state index in [1.165, 1.54) is 38.5 Å². The fraction of sp³-hybridized carbons (Fsp3) is 0.591. The Bertz CT molecular complexity index is 389. The lowest BCUT2D eigenvalue weighted by Crippen LogP contribution is -1.92. The van der Waals surface area contributed by atoms with E-state index in [9.17, 15) is 4.79 Å². The van der Waals surface area contributed by atoms with Gasteiger partial charge in [0.05, 0.1) is 0 Å². The molecule has 0 saturated carbocycles. The van der Waals surface area contributed by atoms with Gasteiger partial charge in [0.25, 0.3) is 0 Å². The maximum atomic E-state index is 10.3. The highest BCUT2D eigenvalue weighted by Crippen LogP contribution is 2.05. The summed E-state index contributed by atoms with van der Waals surface area (Å²) in [7, 11) is 0. The van der Waals surface area contributed by atoms with Crippen molar-refractivity contribution in [2.75, 3.05) is 0 Å². The second-order valence-electron chi connectivity index (χ2n) is 6.08. The normalized spacial score (nSPS) is 12.4. The minimum absolute atomic E-state index is 0.262. The van der Waals surface area contributed by atoms with Crippen LogP contribution in [0.4, 0.5) is 0 Å². The summed E-state index contributed by atoms with van der Waals surface area (Å²) in [5.41, 5.74) is 0. The lowest BCUT2D eigenvalue weighted by atomic mass is 10.1. The Morgan fingerprint density at radius 1 is 0.667 bits per heavy atom. The van der Waals surface area contributed by atoms with Crippen molar-refractivity contribution in [1.29, 1.82) is 0 Å². The number of aliphatic carboxylic acids is 1. The first-order valence-electron chi connectivity index (χ1n) is 9.59. The van der Waals surface area contributed by atoms with E-state index in [0.717, 1.165) is 32.1 Å². The molecule has 0 aliphatic carbocycles. The number of carbonyl (C=O) groups is 1. The smallest absolute Gasteiger partial charge is 0.303 e. The van der Waals surface area contributed by atoms with Crippen molar-refractivity contribution in [3.05, 3.63) is 48.6 Å². The van der Waals surface area contributed by atoms with Gasteiger partial charge in [0.1, 0.15) is 0 Å². The van der Waals surface area contributed by atoms with Gasteiger partial charge in [0.15, 0.2) is 0 Å². The van der Waals surface area contributed by atoms with Gasteiger partial charge in [-0.05, 0) is 44.9 Å². The first-order chi connectivity index (χ1) is 11.8. The average Bonchev–Trinajstić information content (AvgIpc) is 2.56. The van der Waals surface area contributed by atoms with Gasteiger partial charge in [-0.15, -0.1) is 0 Å². The van der Waals surface area contributed by atoms with Crippen molar-refractivity contribution < 1.29 is 9.90 Å². The van der Waals surface area contributed by atoms with Crippen molar-refractivity contribution in [2.45, 2.75) is 84.0 Å². The van der Waals surface area contributed by atoms with Gasteiger partial charge in [-0.1, -0.05) is 81.2 Å². The van der Waals surface area contributed by atoms with Crippen molar-refractivity contribution in [1.82, 2.24) is 0 Å². The molecule has 0 amide bonds. The third-order valence-electron chi connectivity index (χ3n) is 3.72. The Hall–Kier alpha value is -1.57. The summed E-state index contributed by atoms with van der Waals surface area (Å²) in [4.78, 5) is 10.3. The lowest BCUT2D eigenvalue weighted by Gasteiger charge is -1.95. The van der Waals surface area contributed by atoms with Crippen LogP contribution in [0.1, 0.15) is 84.0 Å². The molecule has 0 atom stereocenters. The van der Waals surface area contributed by atoms with Crippen LogP contribution in [0, 0.1) is 0 Å². The third-order valence-corrected chi connectivity index (χ3v) is 3.72. The van der Waals surface area contributed by atoms with Crippen LogP contribution in [0.3, 0.4) is 0 Å². The zero-order chi connectivity index (χ0) is 17.7. The van der Waals surface area contributed by atoms with Gasteiger partial charge in [0, 0.05) is 6.42 Å². The molecule has 2 heteroatoms. The summed E-state index contributed by atoms with van der Waals surface area (Å²) in [5, 5.41) is 8.51. The molecular formula is C22H36O2. The number of allylic oxidation sites excluding steroid dienone is 8. The van der Waals surface area contributed by atoms with Crippen LogP contribution in [0.15, 0.2) is 48.6 Å². The Morgan fingerprint density at radius 2 is 1.12 bits per heavy atom. The quantitative estimate of drug-likeness (QED) is 0.244. The largest absolute Gasteiger partial charge is 0.481 e. The van der Waals surface area contributed by atoms with Crippen LogP contribution in [-0.2, 0) is 4.79 Å². The minimum Gasteiger partial charge on any atom is -0.481 e. The molecule has 0 aliphatic heterocycles. The predicted octanol–water partition coefficient (Wildman–Crippen LogP) is 7.00. The number of carboxylic acids is 1. The van der Waals surface area contributed by atoms with Gasteiger partial charge in [0.2, 0.25) is 0 Å². The number of unbranched alkanes of at least 4 members (excludes halogenated alkanes) is 6. The summed E-state index contributed by atoms with van der Waals surface area (Å²) in [6.45, 7) is 2.25. The van der Waals surface area contributed by atoms with Crippen LogP contribution in [0.25, 0.3) is 0 Å². The predicted molar refractivity (Wildman–Crippen MR) is 105 cm³/mol. The number of hydrogen-bond acceptors (Lipinski definition) is 1. The molecule has 0 rings (SSSR count). The topological polar surface area (TPSA) is 37.3 Å². The van der Waals surface area contributed by atoms with Crippen LogP contribution in [-0.4, -0.2) is 11.1 Å². The highest BCUT2D eigenvalue weighted by Gasteiger charge is 1.92. The molecule has 136 valence electrons. The molecule has 0 bridgehead atoms. The number of rotatable bonds is 16. The first kappa shape index (κ1) is 22.4. The minimum atomic E-state index is -0.711. The van der Waals surface area contributed by atoms with Gasteiger partial charge in [-0.3, -0.25) is 4.79 Å². The van der Waals surface area contributed by atoms with Gasteiger partial charge < -0.3 is 5.11 Å². The second kappa shape index (κ2) is 19.5. The summed E-state index contributed by atoms with van der Waals surface area (Å²) < 4.78 is 0. The Labute approximate surface area is 149 Å². The summed E-state index contributed by atoms with van der Waals surface area (Å²) in [6, 6.07) is 0. The fourth-order valence-electron chi connectivity index (χ4n) is 2.29. The highest BCUT2D eigenvalue weighted by molar-refractivity contribution is 5.66. The standard InChI is InChI=1S/C22H36O2/c1-2-3-4-5-6-7-8-9-10-11-12-13-14-15-16-17-18-19-20-21-22(23)24/h8-9,11-12,14-15,17-18H,2-7,10,13,16,19-21H2,1H3,(H,23,24)/b9-8-,12-11-,15-14-,18-17-. The third kappa shape index (κ3) is 20.4. The number of hydrogen-bond donors (Lipinski definition) is 1. The molecule has 0 aromatic carbocycles. The van der Waals surface area contributed by atoms with Crippen molar-refractivity contribution in [3.8, 4) is 0 Å². The van der Waals surface area contributed by atoms with Crippen LogP contribution < -0.4 is 0 Å². The summed E-state index contributed by atoms with van der Waals surface area (Å²) in [6.07, 6.45) is 30.3. The van der Waals surface area contributed by atoms with E-state index in [2.05, 4.69) is 55.5 Å². The van der Waals surface area contributed by atoms with Crippen molar-refractivity contribution in [3.63, 3.8) is 0 Å². The zero-order valence-electron chi connectivity index (χ0n) is 15.5. The molecule has 0 fully saturated rings. The van der Waals surface area contributed by atoms with E-state index in [0.29, 0.717) is 0 Å². The van der Waals surface area contributed by atoms with E-state index in [4.69, 9.17) is 5.11 Å². The molecule has 0 heterocycles. The molecule has 0 aliphatic rings. The first-order valence-corrected chi connectivity index (χ1v) is 9.59. The molecule has 0 aromatic rings. The van der Waals surface area contributed by atoms with Gasteiger partial charge in [-0.25, -0.2) is 0 Å². The van der Waals surface area contributed by atoms with E-state index in [1.54, 1.807) is 0 Å². The molecule has 0 saturated heterocycles. The molecule has 0 aromatic heterocycles. The molecule has 0 radical (unpaired) electrons. The van der Waals surface area contributed by atoms with Crippen LogP contribution in [0.2, 0.25) is 0 Å². The Kier molecular flexibility index (Phi) is 18.2. The fourth-order valence-corrected chi connectivity index (χ4v) is 2.29. The van der Waals surface area contributed by atoms with Crippen molar-refractivity contribution in [2.24, 2.45) is 0 Å². The molecule has 1 N–H and O–H groups in total. The second-order valence-corrected chi connectivity index (χ2v) is 6.08. The summed E-state index contributed by atoms with van der Waals surface area (Å²) >= 11 is 0. The Morgan fingerprint density at radius 3 is 1.62 bits per heavy atom. The SMILES string of the molecule is CCCCCCC/C=C\C/C=C\C/C=C\C/C=C\CCCC(=O)O. The van der Waals surface area contributed by atoms with E-state index < -0.39 is 5.97 Å². The van der Waals surface area contributed by atoms with Crippen molar-refractivity contribution >= 4 is 5.97 Å². The molecule has 0 spiro atoms. The highest BCUT2D eigenvalue weighted by atomic mass is 16.4. The maximum absolute atomic E-state index is 10.3. The van der Waals surface area contributed by atoms with E-state index in [-0.39, 0.29) is 6.42 Å². The lowest BCUT2D eigenvalue weighted by molar-refractivity contribution is -0.137. The monoisotopic (exact) mass is 332 g/mol. The maximum Gasteiger partial charge on any atom is 0.303 e. The van der Waals surface area contributed by atoms with E-state index >= 15 is 0 Å². The van der Waals surface area contributed by atoms with Gasteiger partial charge in [-0.2, -0.15) is 0 Å². The molecule has 0 unspecified atom stereocenters. The van der Waals surface area contributed by atoms with Crippen LogP contribution in [0.5, 0.6) is 0 Å². The van der Waals surface area contributed by atoms with Crippen LogP contribution >= 0.6 is 0 Å². The summed E-state index contributed by atoms with van der Waals surface area (Å²) in [5.74, 6) is -0.711. The average molecular weight is 333 g/mol. The Balaban J connectivity index is 3.38. The number of carboxylic acid groups (broad SMARTS) is 1. The zero-order valence-corrected chi connectivity index (χ0v) is 15.5. The van der Waals surface area contributed by atoms with E-state index in [1.807, 2.05) is 0 Å². The molecule has 2 nitrogen and oxygen atoms in total. The molecule has 24 heavy (non-hydrogen) atoms. The molecular weight excluding hydrogens is 296 g/mol. The van der Waals surface area contributed by atoms with Gasteiger partial charge >= 0.3 is 5.97 Å².